The van der Waals surface area contributed by atoms with Crippen molar-refractivity contribution in [2.75, 3.05) is 6.61 Å². The number of nitrogens with one attached hydrogen (secondary N) is 1. The Bertz CT molecular complexity index is 1170. The lowest BCUT2D eigenvalue weighted by Gasteiger charge is -2.13. The molecule has 4 aromatic rings. The molecule has 1 unspecified atom stereocenters. The van der Waals surface area contributed by atoms with Crippen LogP contribution in [0.2, 0.25) is 0 Å². The van der Waals surface area contributed by atoms with Crippen LogP contribution in [0.1, 0.15) is 43.1 Å². The average molecular weight is 428 g/mol. The van der Waals surface area contributed by atoms with Gasteiger partial charge in [0, 0.05) is 6.54 Å². The van der Waals surface area contributed by atoms with Crippen LogP contribution in [0.3, 0.4) is 0 Å². The minimum absolute atomic E-state index is 0.0265. The molecule has 0 aliphatic rings. The Kier molecular flexibility index (Phi) is 6.85. The summed E-state index contributed by atoms with van der Waals surface area (Å²) >= 11 is 0. The van der Waals surface area contributed by atoms with Crippen LogP contribution in [-0.2, 0) is 17.9 Å². The summed E-state index contributed by atoms with van der Waals surface area (Å²) in [6, 6.07) is 26.2. The van der Waals surface area contributed by atoms with Gasteiger partial charge in [0.05, 0.1) is 17.6 Å². The third kappa shape index (κ3) is 5.17. The summed E-state index contributed by atoms with van der Waals surface area (Å²) in [6.45, 7) is 5.48. The van der Waals surface area contributed by atoms with Crippen molar-refractivity contribution < 1.29 is 9.53 Å². The van der Waals surface area contributed by atoms with Crippen molar-refractivity contribution in [3.05, 3.63) is 95.8 Å². The normalized spacial score (nSPS) is 11.9. The number of ether oxygens (including phenoxy) is 1. The number of carbonyl (C=O) groups is 1. The summed E-state index contributed by atoms with van der Waals surface area (Å²) in [6.07, 6.45) is 1.13. The fourth-order valence-electron chi connectivity index (χ4n) is 3.70. The number of hydrogen-bond donors (Lipinski definition) is 1. The van der Waals surface area contributed by atoms with E-state index in [4.69, 9.17) is 9.72 Å². The lowest BCUT2D eigenvalue weighted by Crippen LogP contribution is -2.29. The van der Waals surface area contributed by atoms with Crippen LogP contribution >= 0.6 is 0 Å². The van der Waals surface area contributed by atoms with E-state index in [9.17, 15) is 4.79 Å². The van der Waals surface area contributed by atoms with Gasteiger partial charge >= 0.3 is 0 Å². The Labute approximate surface area is 189 Å². The monoisotopic (exact) mass is 427 g/mol. The number of aromatic nitrogens is 2. The largest absolute Gasteiger partial charge is 0.484 e. The lowest BCUT2D eigenvalue weighted by molar-refractivity contribution is -0.123. The summed E-state index contributed by atoms with van der Waals surface area (Å²) in [4.78, 5) is 17.1. The van der Waals surface area contributed by atoms with Crippen LogP contribution < -0.4 is 10.1 Å². The predicted molar refractivity (Wildman–Crippen MR) is 128 cm³/mol. The quantitative estimate of drug-likeness (QED) is 0.395. The molecule has 5 heteroatoms. The van der Waals surface area contributed by atoms with Crippen LogP contribution in [-0.4, -0.2) is 22.1 Å². The van der Waals surface area contributed by atoms with E-state index in [-0.39, 0.29) is 12.5 Å². The predicted octanol–water partition coefficient (Wildman–Crippen LogP) is 5.29. The molecule has 0 saturated heterocycles. The van der Waals surface area contributed by atoms with Gasteiger partial charge < -0.3 is 14.6 Å². The Morgan fingerprint density at radius 1 is 1.00 bits per heavy atom. The Morgan fingerprint density at radius 2 is 1.72 bits per heavy atom. The zero-order chi connectivity index (χ0) is 22.3. The third-order valence-corrected chi connectivity index (χ3v) is 5.79. The number of benzene rings is 3. The fourth-order valence-corrected chi connectivity index (χ4v) is 3.70. The van der Waals surface area contributed by atoms with Crippen LogP contribution in [0.25, 0.3) is 11.0 Å². The molecule has 1 atom stereocenters. The molecule has 4 rings (SSSR count). The van der Waals surface area contributed by atoms with Crippen LogP contribution in [0.4, 0.5) is 0 Å². The fraction of sp³-hybridized carbons (Fsp3) is 0.259. The first kappa shape index (κ1) is 21.6. The summed E-state index contributed by atoms with van der Waals surface area (Å²) in [5.74, 6) is 1.88. The van der Waals surface area contributed by atoms with E-state index >= 15 is 0 Å². The first-order chi connectivity index (χ1) is 15.6. The lowest BCUT2D eigenvalue weighted by atomic mass is 9.98. The summed E-state index contributed by atoms with van der Waals surface area (Å²) in [5, 5.41) is 2.94. The zero-order valence-electron chi connectivity index (χ0n) is 18.6. The Balaban J connectivity index is 1.47. The topological polar surface area (TPSA) is 56.2 Å². The molecule has 164 valence electrons. The molecule has 1 aromatic heterocycles. The minimum Gasteiger partial charge on any atom is -0.484 e. The maximum atomic E-state index is 12.3. The SMILES string of the molecule is CCC(C)c1ccc(Cn2c(CNC(=O)COc3ccccc3)nc3ccccc32)cc1. The highest BCUT2D eigenvalue weighted by Crippen LogP contribution is 2.21. The number of nitrogens with zero attached hydrogens (tertiary/aromatic N) is 2. The second-order valence-electron chi connectivity index (χ2n) is 8.03. The van der Waals surface area contributed by atoms with Gasteiger partial charge in [-0.2, -0.15) is 0 Å². The van der Waals surface area contributed by atoms with Gasteiger partial charge in [0.25, 0.3) is 5.91 Å². The molecule has 0 saturated carbocycles. The number of fused-ring (bicyclic) bond motifs is 1. The number of hydrogen-bond acceptors (Lipinski definition) is 3. The van der Waals surface area contributed by atoms with Crippen LogP contribution in [0.15, 0.2) is 78.9 Å². The highest BCUT2D eigenvalue weighted by atomic mass is 16.5. The van der Waals surface area contributed by atoms with E-state index in [1.807, 2.05) is 48.5 Å². The van der Waals surface area contributed by atoms with E-state index in [1.165, 1.54) is 11.1 Å². The molecular weight excluding hydrogens is 398 g/mol. The maximum Gasteiger partial charge on any atom is 0.258 e. The highest BCUT2D eigenvalue weighted by Gasteiger charge is 2.13. The van der Waals surface area contributed by atoms with Gasteiger partial charge in [-0.1, -0.05) is 68.4 Å². The molecule has 0 spiro atoms. The van der Waals surface area contributed by atoms with E-state index < -0.39 is 0 Å². The van der Waals surface area contributed by atoms with Crippen molar-refractivity contribution >= 4 is 16.9 Å². The number of imidazole rings is 1. The summed E-state index contributed by atoms with van der Waals surface area (Å²) < 4.78 is 7.71. The van der Waals surface area contributed by atoms with Gasteiger partial charge in [-0.05, 0) is 47.7 Å². The van der Waals surface area contributed by atoms with Gasteiger partial charge in [-0.3, -0.25) is 4.79 Å². The number of rotatable bonds is 9. The summed E-state index contributed by atoms with van der Waals surface area (Å²) in [7, 11) is 0. The Hall–Kier alpha value is -3.60. The zero-order valence-corrected chi connectivity index (χ0v) is 18.6. The van der Waals surface area contributed by atoms with E-state index in [2.05, 4.69) is 54.1 Å². The molecule has 0 aliphatic carbocycles. The van der Waals surface area contributed by atoms with Crippen molar-refractivity contribution in [2.24, 2.45) is 0 Å². The molecule has 32 heavy (non-hydrogen) atoms. The molecule has 0 fully saturated rings. The molecule has 5 nitrogen and oxygen atoms in total. The van der Waals surface area contributed by atoms with Crippen molar-refractivity contribution in [1.82, 2.24) is 14.9 Å². The van der Waals surface area contributed by atoms with Crippen molar-refractivity contribution in [1.29, 1.82) is 0 Å². The Morgan fingerprint density at radius 3 is 2.47 bits per heavy atom. The second kappa shape index (κ2) is 10.1. The van der Waals surface area contributed by atoms with Crippen molar-refractivity contribution in [3.63, 3.8) is 0 Å². The number of amides is 1. The van der Waals surface area contributed by atoms with Gasteiger partial charge in [0.15, 0.2) is 6.61 Å². The van der Waals surface area contributed by atoms with Gasteiger partial charge in [0.2, 0.25) is 0 Å². The first-order valence-electron chi connectivity index (χ1n) is 11.1. The third-order valence-electron chi connectivity index (χ3n) is 5.79. The first-order valence-corrected chi connectivity index (χ1v) is 11.1. The molecule has 0 aliphatic heterocycles. The summed E-state index contributed by atoms with van der Waals surface area (Å²) in [5.41, 5.74) is 4.55. The van der Waals surface area contributed by atoms with Gasteiger partial charge in [0.1, 0.15) is 11.6 Å². The van der Waals surface area contributed by atoms with Crippen molar-refractivity contribution in [2.45, 2.75) is 39.3 Å². The molecule has 0 bridgehead atoms. The maximum absolute atomic E-state index is 12.3. The number of carbonyl (C=O) groups excluding carboxylic acids is 1. The molecule has 0 radical (unpaired) electrons. The number of para-hydroxylation sites is 3. The molecule has 3 aromatic carbocycles. The van der Waals surface area contributed by atoms with Crippen LogP contribution in [0, 0.1) is 0 Å². The molecule has 1 N–H and O–H groups in total. The van der Waals surface area contributed by atoms with Gasteiger partial charge in [-0.25, -0.2) is 4.98 Å². The van der Waals surface area contributed by atoms with E-state index in [1.54, 1.807) is 0 Å². The van der Waals surface area contributed by atoms with E-state index in [0.717, 1.165) is 23.3 Å². The highest BCUT2D eigenvalue weighted by molar-refractivity contribution is 5.78. The van der Waals surface area contributed by atoms with E-state index in [0.29, 0.717) is 24.8 Å². The average Bonchev–Trinajstić information content (AvgIpc) is 3.19. The second-order valence-corrected chi connectivity index (χ2v) is 8.03. The van der Waals surface area contributed by atoms with Crippen LogP contribution in [0.5, 0.6) is 5.75 Å². The molecule has 1 amide bonds. The minimum atomic E-state index is -0.176. The van der Waals surface area contributed by atoms with Crippen molar-refractivity contribution in [3.8, 4) is 5.75 Å². The molecular formula is C27H29N3O2. The standard InChI is InChI=1S/C27H29N3O2/c1-3-20(2)22-15-13-21(14-16-22)18-30-25-12-8-7-11-24(25)29-26(30)17-28-27(31)19-32-23-9-5-4-6-10-23/h4-16,20H,3,17-19H2,1-2H3,(H,28,31). The van der Waals surface area contributed by atoms with Gasteiger partial charge in [-0.15, -0.1) is 0 Å². The molecule has 1 heterocycles. The smallest absolute Gasteiger partial charge is 0.258 e.